The standard InChI is InChI=1S/C25H34F3N3O3S/c1-17-11-24(22-20(5-10-34-24)21(15-32)23(35-22)25(26,27)28)6-8-30(17)13-19-12-29-31(14-19)7-4-18-3-2-9-33-16-18/h12,14,17-18,32H,2-11,13,15-16H2,1H3/t17-,18?,24+/m0/s1. The van der Waals surface area contributed by atoms with Crippen molar-refractivity contribution in [3.05, 3.63) is 38.8 Å². The molecule has 1 spiro atoms. The van der Waals surface area contributed by atoms with Gasteiger partial charge in [0.05, 0.1) is 19.4 Å². The lowest BCUT2D eigenvalue weighted by Gasteiger charge is -2.47. The van der Waals surface area contributed by atoms with Crippen molar-refractivity contribution in [2.45, 2.75) is 83.0 Å². The number of fused-ring (bicyclic) bond motifs is 2. The van der Waals surface area contributed by atoms with Crippen LogP contribution in [-0.2, 0) is 47.4 Å². The van der Waals surface area contributed by atoms with Crippen LogP contribution in [0.25, 0.3) is 0 Å². The lowest BCUT2D eigenvalue weighted by atomic mass is 9.81. The fourth-order valence-electron chi connectivity index (χ4n) is 5.96. The van der Waals surface area contributed by atoms with Crippen LogP contribution in [0.4, 0.5) is 13.2 Å². The highest BCUT2D eigenvalue weighted by atomic mass is 32.1. The Morgan fingerprint density at radius 1 is 1.31 bits per heavy atom. The van der Waals surface area contributed by atoms with Gasteiger partial charge in [0.1, 0.15) is 10.5 Å². The van der Waals surface area contributed by atoms with Gasteiger partial charge in [-0.1, -0.05) is 0 Å². The van der Waals surface area contributed by atoms with E-state index in [0.29, 0.717) is 42.2 Å². The number of hydrogen-bond donors (Lipinski definition) is 1. The normalized spacial score (nSPS) is 27.9. The van der Waals surface area contributed by atoms with Gasteiger partial charge < -0.3 is 14.6 Å². The Morgan fingerprint density at radius 3 is 2.89 bits per heavy atom. The third-order valence-electron chi connectivity index (χ3n) is 7.82. The SMILES string of the molecule is C[C@H]1C[C@@]2(CCN1Cc1cnn(CCC3CCCOC3)c1)OCCc1c2sc(C(F)(F)F)c1CO. The number of rotatable bonds is 6. The molecule has 194 valence electrons. The molecule has 3 aliphatic heterocycles. The number of hydrogen-bond acceptors (Lipinski definition) is 6. The summed E-state index contributed by atoms with van der Waals surface area (Å²) < 4.78 is 54.8. The van der Waals surface area contributed by atoms with Crippen molar-refractivity contribution >= 4 is 11.3 Å². The Hall–Kier alpha value is -1.46. The zero-order valence-electron chi connectivity index (χ0n) is 20.1. The molecule has 5 heterocycles. The number of aliphatic hydroxyl groups excluding tert-OH is 1. The van der Waals surface area contributed by atoms with Crippen LogP contribution >= 0.6 is 11.3 Å². The van der Waals surface area contributed by atoms with Crippen LogP contribution in [0.1, 0.15) is 65.5 Å². The molecule has 2 aromatic heterocycles. The maximum absolute atomic E-state index is 13.7. The summed E-state index contributed by atoms with van der Waals surface area (Å²) >= 11 is 0.776. The smallest absolute Gasteiger partial charge is 0.392 e. The molecule has 0 saturated carbocycles. The summed E-state index contributed by atoms with van der Waals surface area (Å²) in [5.74, 6) is 0.608. The van der Waals surface area contributed by atoms with Gasteiger partial charge in [-0.2, -0.15) is 18.3 Å². The first-order chi connectivity index (χ1) is 16.8. The largest absolute Gasteiger partial charge is 0.425 e. The Kier molecular flexibility index (Phi) is 7.29. The number of alkyl halides is 3. The van der Waals surface area contributed by atoms with Crippen molar-refractivity contribution in [3.63, 3.8) is 0 Å². The van der Waals surface area contributed by atoms with Crippen molar-refractivity contribution < 1.29 is 27.8 Å². The van der Waals surface area contributed by atoms with E-state index in [1.54, 1.807) is 0 Å². The van der Waals surface area contributed by atoms with Gasteiger partial charge in [-0.3, -0.25) is 9.58 Å². The topological polar surface area (TPSA) is 59.8 Å². The van der Waals surface area contributed by atoms with Crippen molar-refractivity contribution in [2.75, 3.05) is 26.4 Å². The minimum absolute atomic E-state index is 0.0439. The van der Waals surface area contributed by atoms with Crippen LogP contribution in [0.15, 0.2) is 12.4 Å². The second-order valence-electron chi connectivity index (χ2n) is 10.2. The molecular weight excluding hydrogens is 479 g/mol. The van der Waals surface area contributed by atoms with Crippen molar-refractivity contribution in [1.82, 2.24) is 14.7 Å². The van der Waals surface area contributed by atoms with Crippen molar-refractivity contribution in [2.24, 2.45) is 5.92 Å². The number of aliphatic hydroxyl groups is 1. The molecule has 0 amide bonds. The number of aromatic nitrogens is 2. The van der Waals surface area contributed by atoms with Crippen LogP contribution in [-0.4, -0.2) is 52.2 Å². The first kappa shape index (κ1) is 25.2. The third-order valence-corrected chi connectivity index (χ3v) is 9.33. The van der Waals surface area contributed by atoms with Crippen LogP contribution in [0.5, 0.6) is 0 Å². The van der Waals surface area contributed by atoms with Gasteiger partial charge in [0.2, 0.25) is 0 Å². The molecule has 35 heavy (non-hydrogen) atoms. The van der Waals surface area contributed by atoms with Crippen LogP contribution in [0.2, 0.25) is 0 Å². The highest BCUT2D eigenvalue weighted by Gasteiger charge is 2.48. The van der Waals surface area contributed by atoms with Crippen LogP contribution in [0.3, 0.4) is 0 Å². The highest BCUT2D eigenvalue weighted by molar-refractivity contribution is 7.12. The summed E-state index contributed by atoms with van der Waals surface area (Å²) in [5, 5.41) is 14.3. The highest BCUT2D eigenvalue weighted by Crippen LogP contribution is 2.51. The fourth-order valence-corrected chi connectivity index (χ4v) is 7.37. The number of thiophene rings is 1. The zero-order chi connectivity index (χ0) is 24.6. The average Bonchev–Trinajstić information content (AvgIpc) is 3.45. The number of nitrogens with zero attached hydrogens (tertiary/aromatic N) is 3. The van der Waals surface area contributed by atoms with E-state index >= 15 is 0 Å². The van der Waals surface area contributed by atoms with Gasteiger partial charge in [0, 0.05) is 61.1 Å². The molecule has 10 heteroatoms. The molecule has 2 aromatic rings. The summed E-state index contributed by atoms with van der Waals surface area (Å²) in [4.78, 5) is 2.37. The zero-order valence-corrected chi connectivity index (χ0v) is 21.0. The van der Waals surface area contributed by atoms with Gasteiger partial charge in [-0.05, 0) is 56.9 Å². The summed E-state index contributed by atoms with van der Waals surface area (Å²) in [6, 6.07) is 0.145. The first-order valence-electron chi connectivity index (χ1n) is 12.6. The predicted molar refractivity (Wildman–Crippen MR) is 126 cm³/mol. The van der Waals surface area contributed by atoms with E-state index in [4.69, 9.17) is 9.47 Å². The number of ether oxygens (including phenoxy) is 2. The molecular formula is C25H34F3N3O3S. The minimum Gasteiger partial charge on any atom is -0.392 e. The van der Waals surface area contributed by atoms with Gasteiger partial charge in [0.25, 0.3) is 0 Å². The maximum Gasteiger partial charge on any atom is 0.425 e. The first-order valence-corrected chi connectivity index (χ1v) is 13.4. The lowest BCUT2D eigenvalue weighted by Crippen LogP contribution is -2.50. The summed E-state index contributed by atoms with van der Waals surface area (Å²) in [6.45, 7) is 6.03. The predicted octanol–water partition coefficient (Wildman–Crippen LogP) is 4.72. The second kappa shape index (κ2) is 10.1. The molecule has 1 N–H and O–H groups in total. The monoisotopic (exact) mass is 513 g/mol. The van der Waals surface area contributed by atoms with E-state index in [0.717, 1.165) is 62.6 Å². The number of halogens is 3. The van der Waals surface area contributed by atoms with Crippen molar-refractivity contribution in [1.29, 1.82) is 0 Å². The average molecular weight is 514 g/mol. The molecule has 5 rings (SSSR count). The van der Waals surface area contributed by atoms with Gasteiger partial charge in [-0.25, -0.2) is 0 Å². The van der Waals surface area contributed by atoms with E-state index in [2.05, 4.69) is 23.1 Å². The molecule has 3 aliphatic rings. The summed E-state index contributed by atoms with van der Waals surface area (Å²) in [7, 11) is 0. The Morgan fingerprint density at radius 2 is 2.17 bits per heavy atom. The van der Waals surface area contributed by atoms with E-state index < -0.39 is 23.3 Å². The van der Waals surface area contributed by atoms with Gasteiger partial charge in [0.15, 0.2) is 0 Å². The third kappa shape index (κ3) is 5.18. The van der Waals surface area contributed by atoms with Crippen LogP contribution < -0.4 is 0 Å². The minimum atomic E-state index is -4.46. The molecule has 3 atom stereocenters. The molecule has 2 saturated heterocycles. The van der Waals surface area contributed by atoms with Crippen LogP contribution in [0, 0.1) is 5.92 Å². The molecule has 0 bridgehead atoms. The molecule has 1 unspecified atom stereocenters. The number of piperidine rings is 1. The van der Waals surface area contributed by atoms with E-state index in [9.17, 15) is 18.3 Å². The van der Waals surface area contributed by atoms with E-state index in [1.165, 1.54) is 6.42 Å². The maximum atomic E-state index is 13.7. The van der Waals surface area contributed by atoms with E-state index in [1.807, 2.05) is 10.9 Å². The second-order valence-corrected chi connectivity index (χ2v) is 11.2. The van der Waals surface area contributed by atoms with Crippen molar-refractivity contribution in [3.8, 4) is 0 Å². The Balaban J connectivity index is 1.24. The van der Waals surface area contributed by atoms with Gasteiger partial charge >= 0.3 is 6.18 Å². The molecule has 0 aromatic carbocycles. The van der Waals surface area contributed by atoms with Gasteiger partial charge in [-0.15, -0.1) is 11.3 Å². The molecule has 2 fully saturated rings. The lowest BCUT2D eigenvalue weighted by molar-refractivity contribution is -0.135. The summed E-state index contributed by atoms with van der Waals surface area (Å²) in [5.41, 5.74) is 1.15. The fraction of sp³-hybridized carbons (Fsp3) is 0.720. The molecule has 0 radical (unpaired) electrons. The molecule has 0 aliphatic carbocycles. The Labute approximate surface area is 208 Å². The summed E-state index contributed by atoms with van der Waals surface area (Å²) in [6.07, 6.45) is 4.70. The molecule has 6 nitrogen and oxygen atoms in total. The number of likely N-dealkylation sites (tertiary alicyclic amines) is 1. The Bertz CT molecular complexity index is 1020. The number of aryl methyl sites for hydroxylation is 1. The van der Waals surface area contributed by atoms with E-state index in [-0.39, 0.29) is 11.6 Å². The quantitative estimate of drug-likeness (QED) is 0.606.